The Balaban J connectivity index is 2.29. The molecule has 1 aliphatic heterocycles. The minimum atomic E-state index is -0.0166. The molecule has 0 N–H and O–H groups in total. The summed E-state index contributed by atoms with van der Waals surface area (Å²) in [7, 11) is 1.16. The summed E-state index contributed by atoms with van der Waals surface area (Å²) < 4.78 is 4.79. The van der Waals surface area contributed by atoms with E-state index < -0.39 is 0 Å². The highest BCUT2D eigenvalue weighted by Crippen LogP contribution is 2.15. The number of carbonyl (C=O) groups excluding carboxylic acids is 1. The van der Waals surface area contributed by atoms with Crippen molar-refractivity contribution in [2.45, 2.75) is 18.4 Å². The second kappa shape index (κ2) is 2.30. The molecular weight excluding hydrogens is 120 g/mol. The molecule has 1 unspecified atom stereocenters. The number of carbonyl (C=O) groups is 1. The molecule has 1 rings (SSSR count). The first kappa shape index (κ1) is 5.82. The van der Waals surface area contributed by atoms with E-state index in [1.165, 1.54) is 0 Å². The van der Waals surface area contributed by atoms with Crippen LogP contribution >= 0.6 is 0 Å². The van der Waals surface area contributed by atoms with Crippen molar-refractivity contribution in [3.63, 3.8) is 0 Å². The maximum Gasteiger partial charge on any atom is 0.305 e. The van der Waals surface area contributed by atoms with Gasteiger partial charge in [-0.05, 0) is 12.0 Å². The summed E-state index contributed by atoms with van der Waals surface area (Å²) in [4.78, 5) is 10.4. The van der Waals surface area contributed by atoms with Crippen LogP contribution in [0.5, 0.6) is 0 Å². The van der Waals surface area contributed by atoms with Crippen molar-refractivity contribution in [2.75, 3.05) is 6.61 Å². The molecule has 8 heavy (non-hydrogen) atoms. The fourth-order valence-corrected chi connectivity index (χ4v) is 1.21. The van der Waals surface area contributed by atoms with Crippen LogP contribution in [-0.4, -0.2) is 22.8 Å². The van der Waals surface area contributed by atoms with E-state index in [1.54, 1.807) is 0 Å². The molecule has 1 atom stereocenters. The van der Waals surface area contributed by atoms with Crippen LogP contribution in [0, 0.1) is 0 Å². The van der Waals surface area contributed by atoms with Crippen LogP contribution in [-0.2, 0) is 9.53 Å². The minimum absolute atomic E-state index is 0.0166. The lowest BCUT2D eigenvalue weighted by atomic mass is 10.2. The summed E-state index contributed by atoms with van der Waals surface area (Å²) in [5.41, 5.74) is 0.715. The van der Waals surface area contributed by atoms with Crippen molar-refractivity contribution >= 4 is 16.2 Å². The Morgan fingerprint density at radius 2 is 2.50 bits per heavy atom. The van der Waals surface area contributed by atoms with Crippen LogP contribution in [0.3, 0.4) is 0 Å². The van der Waals surface area contributed by atoms with Gasteiger partial charge in [-0.25, -0.2) is 0 Å². The summed E-state index contributed by atoms with van der Waals surface area (Å²) in [6.07, 6.45) is 1.71. The van der Waals surface area contributed by atoms with Crippen molar-refractivity contribution in [1.29, 1.82) is 0 Å². The number of rotatable bonds is 0. The van der Waals surface area contributed by atoms with Crippen LogP contribution in [0.4, 0.5) is 0 Å². The van der Waals surface area contributed by atoms with Crippen molar-refractivity contribution in [1.82, 2.24) is 0 Å². The van der Waals surface area contributed by atoms with E-state index in [1.807, 2.05) is 0 Å². The highest BCUT2D eigenvalue weighted by Gasteiger charge is 2.14. The molecule has 1 aliphatic rings. The lowest BCUT2D eigenvalue weighted by Gasteiger charge is -2.16. The zero-order valence-electron chi connectivity index (χ0n) is 5.02. The molecule has 46 valence electrons. The first-order chi connectivity index (χ1) is 3.79. The van der Waals surface area contributed by atoms with E-state index in [9.17, 15) is 4.79 Å². The number of esters is 1. The van der Waals surface area contributed by atoms with E-state index in [-0.39, 0.29) is 5.97 Å². The average Bonchev–Trinajstić information content (AvgIpc) is 1.77. The molecular formula is C5H10O2Si. The summed E-state index contributed by atoms with van der Waals surface area (Å²) in [6, 6.07) is 0. The van der Waals surface area contributed by atoms with E-state index in [4.69, 9.17) is 4.74 Å². The summed E-state index contributed by atoms with van der Waals surface area (Å²) in [5, 5.41) is 0. The molecule has 0 spiro atoms. The largest absolute Gasteiger partial charge is 0.466 e. The predicted octanol–water partition coefficient (Wildman–Crippen LogP) is -0.523. The zero-order chi connectivity index (χ0) is 5.98. The molecule has 0 aromatic heterocycles. The van der Waals surface area contributed by atoms with Crippen LogP contribution in [0.1, 0.15) is 12.8 Å². The Kier molecular flexibility index (Phi) is 1.68. The van der Waals surface area contributed by atoms with Gasteiger partial charge in [-0.2, -0.15) is 0 Å². The van der Waals surface area contributed by atoms with Crippen molar-refractivity contribution in [3.8, 4) is 0 Å². The molecule has 0 saturated carbocycles. The Bertz CT molecular complexity index is 92.6. The predicted molar refractivity (Wildman–Crippen MR) is 33.9 cm³/mol. The smallest absolute Gasteiger partial charge is 0.305 e. The maximum atomic E-state index is 10.4. The molecule has 0 aromatic carbocycles. The Labute approximate surface area is 51.6 Å². The van der Waals surface area contributed by atoms with E-state index in [0.717, 1.165) is 16.7 Å². The summed E-state index contributed by atoms with van der Waals surface area (Å²) in [6.45, 7) is 0.686. The highest BCUT2D eigenvalue weighted by atomic mass is 28.1. The molecule has 1 heterocycles. The monoisotopic (exact) mass is 130 g/mol. The normalized spacial score (nSPS) is 30.0. The van der Waals surface area contributed by atoms with Crippen LogP contribution in [0.15, 0.2) is 0 Å². The van der Waals surface area contributed by atoms with Gasteiger partial charge in [0.15, 0.2) is 0 Å². The van der Waals surface area contributed by atoms with Gasteiger partial charge in [0.2, 0.25) is 0 Å². The molecule has 0 radical (unpaired) electrons. The van der Waals surface area contributed by atoms with Crippen LogP contribution in [0.25, 0.3) is 0 Å². The Morgan fingerprint density at radius 1 is 1.75 bits per heavy atom. The lowest BCUT2D eigenvalue weighted by molar-refractivity contribution is -0.146. The summed E-state index contributed by atoms with van der Waals surface area (Å²) in [5.74, 6) is -0.0166. The topological polar surface area (TPSA) is 26.3 Å². The highest BCUT2D eigenvalue weighted by molar-refractivity contribution is 6.12. The molecule has 0 bridgehead atoms. The van der Waals surface area contributed by atoms with Crippen molar-refractivity contribution < 1.29 is 9.53 Å². The SMILES string of the molecule is O=C1CCC([SiH3])CO1. The molecule has 0 aliphatic carbocycles. The van der Waals surface area contributed by atoms with Crippen molar-refractivity contribution in [2.24, 2.45) is 0 Å². The molecule has 1 fully saturated rings. The van der Waals surface area contributed by atoms with Gasteiger partial charge in [0.05, 0.1) is 6.61 Å². The average molecular weight is 130 g/mol. The fourth-order valence-electron chi connectivity index (χ4n) is 0.755. The van der Waals surface area contributed by atoms with Gasteiger partial charge in [0.1, 0.15) is 0 Å². The minimum Gasteiger partial charge on any atom is -0.466 e. The molecule has 0 amide bonds. The lowest BCUT2D eigenvalue weighted by Crippen LogP contribution is -2.17. The van der Waals surface area contributed by atoms with E-state index in [0.29, 0.717) is 18.6 Å². The first-order valence-electron chi connectivity index (χ1n) is 2.94. The first-order valence-corrected chi connectivity index (χ1v) is 4.10. The second-order valence-electron chi connectivity index (χ2n) is 2.33. The third-order valence-electron chi connectivity index (χ3n) is 1.37. The third kappa shape index (κ3) is 1.33. The van der Waals surface area contributed by atoms with E-state index in [2.05, 4.69) is 0 Å². The van der Waals surface area contributed by atoms with Crippen molar-refractivity contribution in [3.05, 3.63) is 0 Å². The van der Waals surface area contributed by atoms with Gasteiger partial charge in [-0.1, -0.05) is 0 Å². The number of ether oxygens (including phenoxy) is 1. The standard InChI is InChI=1S/C5H10O2Si/c6-5-2-1-4(8)3-7-5/h4H,1-3H2,8H3. The third-order valence-corrected chi connectivity index (χ3v) is 2.28. The number of hydrogen-bond donors (Lipinski definition) is 0. The number of cyclic esters (lactones) is 1. The molecule has 1 saturated heterocycles. The molecule has 0 aromatic rings. The van der Waals surface area contributed by atoms with E-state index >= 15 is 0 Å². The van der Waals surface area contributed by atoms with Crippen LogP contribution in [0.2, 0.25) is 5.54 Å². The van der Waals surface area contributed by atoms with Gasteiger partial charge >= 0.3 is 5.97 Å². The van der Waals surface area contributed by atoms with Gasteiger partial charge in [0.25, 0.3) is 0 Å². The van der Waals surface area contributed by atoms with Gasteiger partial charge in [-0.15, -0.1) is 0 Å². The quantitative estimate of drug-likeness (QED) is 0.326. The Hall–Kier alpha value is -0.313. The second-order valence-corrected chi connectivity index (χ2v) is 3.96. The van der Waals surface area contributed by atoms with Gasteiger partial charge in [0, 0.05) is 16.7 Å². The Morgan fingerprint density at radius 3 is 2.88 bits per heavy atom. The summed E-state index contributed by atoms with van der Waals surface area (Å²) >= 11 is 0. The van der Waals surface area contributed by atoms with Gasteiger partial charge in [-0.3, -0.25) is 4.79 Å². The number of hydrogen-bond acceptors (Lipinski definition) is 2. The zero-order valence-corrected chi connectivity index (χ0v) is 7.02. The van der Waals surface area contributed by atoms with Gasteiger partial charge < -0.3 is 4.74 Å². The molecule has 2 nitrogen and oxygen atoms in total. The fraction of sp³-hybridized carbons (Fsp3) is 0.800. The van der Waals surface area contributed by atoms with Crippen LogP contribution < -0.4 is 0 Å². The molecule has 3 heteroatoms. The maximum absolute atomic E-state index is 10.4.